The van der Waals surface area contributed by atoms with Crippen LogP contribution in [-0.4, -0.2) is 23.4 Å². The number of esters is 1. The molecule has 1 unspecified atom stereocenters. The Balaban J connectivity index is 3.24. The van der Waals surface area contributed by atoms with Crippen molar-refractivity contribution in [1.29, 1.82) is 0 Å². The largest absolute Gasteiger partial charge is 0.612 e. The Hall–Kier alpha value is -0.230. The molecule has 0 spiro atoms. The van der Waals surface area contributed by atoms with Crippen LogP contribution in [0.2, 0.25) is 5.02 Å². The Kier molecular flexibility index (Phi) is 5.79. The van der Waals surface area contributed by atoms with Gasteiger partial charge < -0.3 is 9.29 Å². The van der Waals surface area contributed by atoms with Gasteiger partial charge in [0, 0.05) is 10.9 Å². The first kappa shape index (κ1) is 14.8. The molecular formula is C11H12BrClO3S. The smallest absolute Gasteiger partial charge is 0.339 e. The maximum atomic E-state index is 11.6. The zero-order chi connectivity index (χ0) is 13.0. The quantitative estimate of drug-likeness (QED) is 0.481. The number of hydrogen-bond acceptors (Lipinski definition) is 3. The molecule has 0 aliphatic rings. The van der Waals surface area contributed by atoms with E-state index in [0.717, 1.165) is 0 Å². The topological polar surface area (TPSA) is 49.4 Å². The van der Waals surface area contributed by atoms with Gasteiger partial charge in [-0.15, -0.1) is 0 Å². The van der Waals surface area contributed by atoms with E-state index in [-0.39, 0.29) is 0 Å². The number of carbonyl (C=O) groups is 1. The lowest BCUT2D eigenvalue weighted by atomic mass is 10.1. The van der Waals surface area contributed by atoms with Crippen molar-refractivity contribution in [3.05, 3.63) is 28.3 Å². The van der Waals surface area contributed by atoms with Crippen LogP contribution in [0.3, 0.4) is 0 Å². The van der Waals surface area contributed by atoms with E-state index < -0.39 is 17.1 Å². The van der Waals surface area contributed by atoms with Gasteiger partial charge in [-0.3, -0.25) is 0 Å². The Bertz CT molecular complexity index is 423. The molecule has 94 valence electrons. The minimum absolute atomic E-state index is 0.292. The van der Waals surface area contributed by atoms with Gasteiger partial charge >= 0.3 is 5.97 Å². The standard InChI is InChI=1S/C11H12BrClO3S/c1-3-16-11(14)7-4-5-9(17(2)15)8(6-12)10(7)13/h4-5H,3,6H2,1-2H3. The highest BCUT2D eigenvalue weighted by Gasteiger charge is 2.21. The Morgan fingerprint density at radius 3 is 2.71 bits per heavy atom. The van der Waals surface area contributed by atoms with Gasteiger partial charge in [0.1, 0.15) is 6.26 Å². The first-order valence-electron chi connectivity index (χ1n) is 4.90. The average Bonchev–Trinajstić information content (AvgIpc) is 2.28. The van der Waals surface area contributed by atoms with Crippen LogP contribution >= 0.6 is 27.5 Å². The highest BCUT2D eigenvalue weighted by atomic mass is 79.9. The number of ether oxygens (including phenoxy) is 1. The lowest BCUT2D eigenvalue weighted by Crippen LogP contribution is -2.09. The Morgan fingerprint density at radius 2 is 2.24 bits per heavy atom. The van der Waals surface area contributed by atoms with Crippen molar-refractivity contribution < 1.29 is 14.1 Å². The zero-order valence-corrected chi connectivity index (χ0v) is 12.6. The molecule has 1 aromatic rings. The van der Waals surface area contributed by atoms with Crippen molar-refractivity contribution >= 4 is 44.7 Å². The third-order valence-corrected chi connectivity index (χ3v) is 4.13. The van der Waals surface area contributed by atoms with Crippen molar-refractivity contribution in [2.45, 2.75) is 17.1 Å². The van der Waals surface area contributed by atoms with Gasteiger partial charge in [0.2, 0.25) is 0 Å². The fourth-order valence-electron chi connectivity index (χ4n) is 1.36. The second-order valence-electron chi connectivity index (χ2n) is 3.21. The van der Waals surface area contributed by atoms with E-state index in [1.165, 1.54) is 0 Å². The van der Waals surface area contributed by atoms with Crippen molar-refractivity contribution in [3.8, 4) is 0 Å². The van der Waals surface area contributed by atoms with Crippen LogP contribution < -0.4 is 0 Å². The van der Waals surface area contributed by atoms with Gasteiger partial charge in [-0.05, 0) is 30.2 Å². The Morgan fingerprint density at radius 1 is 1.59 bits per heavy atom. The average molecular weight is 340 g/mol. The van der Waals surface area contributed by atoms with Gasteiger partial charge in [-0.1, -0.05) is 27.5 Å². The summed E-state index contributed by atoms with van der Waals surface area (Å²) >= 11 is 8.26. The summed E-state index contributed by atoms with van der Waals surface area (Å²) < 4.78 is 16.4. The van der Waals surface area contributed by atoms with E-state index in [2.05, 4.69) is 15.9 Å². The van der Waals surface area contributed by atoms with Crippen LogP contribution in [0.4, 0.5) is 0 Å². The molecule has 0 radical (unpaired) electrons. The SMILES string of the molecule is CCOC(=O)c1ccc([S+](C)[O-])c(CBr)c1Cl. The highest BCUT2D eigenvalue weighted by Crippen LogP contribution is 2.30. The van der Waals surface area contributed by atoms with E-state index in [9.17, 15) is 9.35 Å². The summed E-state index contributed by atoms with van der Waals surface area (Å²) in [5.41, 5.74) is 0.968. The van der Waals surface area contributed by atoms with Crippen LogP contribution in [0.15, 0.2) is 17.0 Å². The summed E-state index contributed by atoms with van der Waals surface area (Å²) in [6.45, 7) is 2.02. The molecular weight excluding hydrogens is 328 g/mol. The van der Waals surface area contributed by atoms with Crippen molar-refractivity contribution in [2.75, 3.05) is 12.9 Å². The molecule has 0 saturated heterocycles. The van der Waals surface area contributed by atoms with Crippen LogP contribution in [0.1, 0.15) is 22.8 Å². The molecule has 17 heavy (non-hydrogen) atoms. The first-order valence-corrected chi connectivity index (χ1v) is 7.96. The van der Waals surface area contributed by atoms with Crippen LogP contribution in [-0.2, 0) is 21.2 Å². The van der Waals surface area contributed by atoms with Gasteiger partial charge in [0.15, 0.2) is 4.90 Å². The molecule has 6 heteroatoms. The van der Waals surface area contributed by atoms with Gasteiger partial charge in [-0.25, -0.2) is 4.79 Å². The molecule has 1 aromatic carbocycles. The predicted octanol–water partition coefficient (Wildman–Crippen LogP) is 3.15. The van der Waals surface area contributed by atoms with Crippen molar-refractivity contribution in [3.63, 3.8) is 0 Å². The molecule has 0 saturated carbocycles. The molecule has 0 N–H and O–H groups in total. The van der Waals surface area contributed by atoms with E-state index in [1.54, 1.807) is 25.3 Å². The summed E-state index contributed by atoms with van der Waals surface area (Å²) in [5, 5.41) is 0.738. The third kappa shape index (κ3) is 3.37. The van der Waals surface area contributed by atoms with E-state index in [0.29, 0.717) is 33.0 Å². The molecule has 0 aliphatic carbocycles. The van der Waals surface area contributed by atoms with Crippen molar-refractivity contribution in [2.24, 2.45) is 0 Å². The normalized spacial score (nSPS) is 12.3. The molecule has 0 bridgehead atoms. The summed E-state index contributed by atoms with van der Waals surface area (Å²) in [6.07, 6.45) is 1.57. The van der Waals surface area contributed by atoms with Gasteiger partial charge in [0.05, 0.1) is 17.2 Å². The second kappa shape index (κ2) is 6.64. The van der Waals surface area contributed by atoms with E-state index in [4.69, 9.17) is 16.3 Å². The minimum atomic E-state index is -1.14. The summed E-state index contributed by atoms with van der Waals surface area (Å²) in [7, 11) is 0. The molecule has 1 atom stereocenters. The van der Waals surface area contributed by atoms with Crippen molar-refractivity contribution in [1.82, 2.24) is 0 Å². The summed E-state index contributed by atoms with van der Waals surface area (Å²) in [6, 6.07) is 3.19. The summed E-state index contributed by atoms with van der Waals surface area (Å²) in [4.78, 5) is 12.2. The fraction of sp³-hybridized carbons (Fsp3) is 0.364. The third-order valence-electron chi connectivity index (χ3n) is 2.14. The molecule has 1 rings (SSSR count). The molecule has 0 aliphatic heterocycles. The van der Waals surface area contributed by atoms with Gasteiger partial charge in [-0.2, -0.15) is 0 Å². The predicted molar refractivity (Wildman–Crippen MR) is 72.4 cm³/mol. The van der Waals surface area contributed by atoms with Crippen LogP contribution in [0.25, 0.3) is 0 Å². The molecule has 0 fully saturated rings. The maximum absolute atomic E-state index is 11.6. The summed E-state index contributed by atoms with van der Waals surface area (Å²) in [5.74, 6) is -0.465. The molecule has 0 amide bonds. The van der Waals surface area contributed by atoms with Crippen LogP contribution in [0.5, 0.6) is 0 Å². The molecule has 3 nitrogen and oxygen atoms in total. The minimum Gasteiger partial charge on any atom is -0.612 e. The highest BCUT2D eigenvalue weighted by molar-refractivity contribution is 9.08. The lowest BCUT2D eigenvalue weighted by Gasteiger charge is -2.12. The van der Waals surface area contributed by atoms with E-state index in [1.807, 2.05) is 0 Å². The zero-order valence-electron chi connectivity index (χ0n) is 9.46. The van der Waals surface area contributed by atoms with Crippen LogP contribution in [0, 0.1) is 0 Å². The molecule has 0 heterocycles. The number of carbonyl (C=O) groups excluding carboxylic acids is 1. The second-order valence-corrected chi connectivity index (χ2v) is 5.50. The van der Waals surface area contributed by atoms with E-state index >= 15 is 0 Å². The molecule has 0 aromatic heterocycles. The number of halogens is 2. The number of hydrogen-bond donors (Lipinski definition) is 0. The fourth-order valence-corrected chi connectivity index (χ4v) is 3.44. The maximum Gasteiger partial charge on any atom is 0.339 e. The monoisotopic (exact) mass is 338 g/mol. The van der Waals surface area contributed by atoms with Gasteiger partial charge in [0.25, 0.3) is 0 Å². The number of alkyl halides is 1. The first-order chi connectivity index (χ1) is 8.02. The Labute approximate surface area is 117 Å². The lowest BCUT2D eigenvalue weighted by molar-refractivity contribution is 0.0526. The number of benzene rings is 1. The number of rotatable bonds is 4.